The first-order valence-corrected chi connectivity index (χ1v) is 10.3. The average molecular weight is 408 g/mol. The van der Waals surface area contributed by atoms with Gasteiger partial charge in [0, 0.05) is 5.56 Å². The predicted octanol–water partition coefficient (Wildman–Crippen LogP) is 8.03. The van der Waals surface area contributed by atoms with Gasteiger partial charge in [-0.3, -0.25) is 0 Å². The predicted molar refractivity (Wildman–Crippen MR) is 108 cm³/mol. The number of benzene rings is 2. The van der Waals surface area contributed by atoms with E-state index in [0.717, 1.165) is 62.3 Å². The molecule has 0 spiro atoms. The van der Waals surface area contributed by atoms with Crippen LogP contribution in [-0.2, 0) is 6.42 Å². The highest BCUT2D eigenvalue weighted by atomic mass is 19.4. The van der Waals surface area contributed by atoms with Crippen molar-refractivity contribution in [3.05, 3.63) is 53.3 Å². The van der Waals surface area contributed by atoms with Crippen LogP contribution in [0.25, 0.3) is 11.1 Å². The summed E-state index contributed by atoms with van der Waals surface area (Å²) in [4.78, 5) is 0. The zero-order chi connectivity index (χ0) is 21.2. The van der Waals surface area contributed by atoms with Crippen molar-refractivity contribution in [1.29, 1.82) is 0 Å². The van der Waals surface area contributed by atoms with Gasteiger partial charge in [0.1, 0.15) is 11.6 Å². The second kappa shape index (κ2) is 8.37. The van der Waals surface area contributed by atoms with Crippen LogP contribution in [0.2, 0.25) is 0 Å². The van der Waals surface area contributed by atoms with Crippen molar-refractivity contribution in [3.63, 3.8) is 0 Å². The fourth-order valence-electron chi connectivity index (χ4n) is 4.49. The van der Waals surface area contributed by atoms with E-state index in [1.54, 1.807) is 0 Å². The van der Waals surface area contributed by atoms with Gasteiger partial charge in [-0.1, -0.05) is 51.8 Å². The van der Waals surface area contributed by atoms with Gasteiger partial charge in [-0.25, -0.2) is 4.39 Å². The molecule has 5 heteroatoms. The highest BCUT2D eigenvalue weighted by molar-refractivity contribution is 5.71. The van der Waals surface area contributed by atoms with Gasteiger partial charge in [-0.05, 0) is 71.9 Å². The Hall–Kier alpha value is -2.04. The number of alkyl halides is 3. The second-order valence-corrected chi connectivity index (χ2v) is 8.65. The minimum absolute atomic E-state index is 0.0642. The molecule has 1 saturated carbocycles. The van der Waals surface area contributed by atoms with Crippen molar-refractivity contribution in [2.45, 2.75) is 71.6 Å². The molecule has 1 aliphatic rings. The van der Waals surface area contributed by atoms with E-state index in [1.165, 1.54) is 5.56 Å². The lowest BCUT2D eigenvalue weighted by Crippen LogP contribution is -2.17. The first-order chi connectivity index (χ1) is 13.6. The number of hydrogen-bond donors (Lipinski definition) is 0. The summed E-state index contributed by atoms with van der Waals surface area (Å²) >= 11 is 0. The van der Waals surface area contributed by atoms with Crippen LogP contribution in [0, 0.1) is 11.2 Å². The van der Waals surface area contributed by atoms with Gasteiger partial charge in [0.25, 0.3) is 0 Å². The minimum Gasteiger partial charge on any atom is -0.406 e. The molecular formula is C24H28F4O. The van der Waals surface area contributed by atoms with Gasteiger partial charge < -0.3 is 4.74 Å². The van der Waals surface area contributed by atoms with Crippen LogP contribution in [0.15, 0.2) is 36.4 Å². The fraction of sp³-hybridized carbons (Fsp3) is 0.500. The maximum atomic E-state index is 14.7. The van der Waals surface area contributed by atoms with Crippen molar-refractivity contribution in [2.24, 2.45) is 5.41 Å². The van der Waals surface area contributed by atoms with E-state index < -0.39 is 17.9 Å². The molecule has 2 aromatic rings. The molecule has 0 heterocycles. The molecule has 29 heavy (non-hydrogen) atoms. The molecule has 0 aliphatic heterocycles. The van der Waals surface area contributed by atoms with Crippen molar-refractivity contribution >= 4 is 0 Å². The summed E-state index contributed by atoms with van der Waals surface area (Å²) in [5.74, 6) is -0.704. The van der Waals surface area contributed by atoms with Gasteiger partial charge in [0.05, 0.1) is 0 Å². The Labute approximate surface area is 170 Å². The van der Waals surface area contributed by atoms with Gasteiger partial charge in [-0.15, -0.1) is 13.2 Å². The number of rotatable bonds is 6. The molecule has 0 aromatic heterocycles. The summed E-state index contributed by atoms with van der Waals surface area (Å²) in [5, 5.41) is 0. The van der Waals surface area contributed by atoms with E-state index in [1.807, 2.05) is 12.1 Å². The standard InChI is InChI=1S/C24H28F4O/c1-4-5-7-16-9-11-18(19(14-16)21-8-6-13-23(21,2)3)20-15-17(10-12-22(20)25)29-24(26,27)28/h9-12,14-15,21H,4-8,13H2,1-3H3/t21-/m0/s1. The molecule has 0 N–H and O–H groups in total. The van der Waals surface area contributed by atoms with Gasteiger partial charge in [0.2, 0.25) is 0 Å². The second-order valence-electron chi connectivity index (χ2n) is 8.65. The van der Waals surface area contributed by atoms with Crippen LogP contribution in [0.4, 0.5) is 17.6 Å². The third-order valence-corrected chi connectivity index (χ3v) is 6.03. The smallest absolute Gasteiger partial charge is 0.406 e. The van der Waals surface area contributed by atoms with Crippen LogP contribution in [-0.4, -0.2) is 6.36 Å². The summed E-state index contributed by atoms with van der Waals surface area (Å²) in [6.07, 6.45) is 1.45. The molecule has 2 aromatic carbocycles. The minimum atomic E-state index is -4.81. The zero-order valence-corrected chi connectivity index (χ0v) is 17.2. The first-order valence-electron chi connectivity index (χ1n) is 10.3. The first kappa shape index (κ1) is 21.7. The van der Waals surface area contributed by atoms with Crippen LogP contribution < -0.4 is 4.74 Å². The summed E-state index contributed by atoms with van der Waals surface area (Å²) in [6, 6.07) is 9.19. The summed E-state index contributed by atoms with van der Waals surface area (Å²) in [7, 11) is 0. The van der Waals surface area contributed by atoms with Gasteiger partial charge in [0.15, 0.2) is 0 Å². The largest absolute Gasteiger partial charge is 0.573 e. The van der Waals surface area contributed by atoms with E-state index in [9.17, 15) is 17.6 Å². The lowest BCUT2D eigenvalue weighted by Gasteiger charge is -2.30. The molecule has 1 atom stereocenters. The molecule has 0 saturated heterocycles. The maximum absolute atomic E-state index is 14.7. The van der Waals surface area contributed by atoms with Crippen LogP contribution in [0.3, 0.4) is 0 Å². The molecule has 158 valence electrons. The van der Waals surface area contributed by atoms with E-state index in [0.29, 0.717) is 5.56 Å². The SMILES string of the molecule is CCCCc1ccc(-c2cc(OC(F)(F)F)ccc2F)c([C@@H]2CCCC2(C)C)c1. The van der Waals surface area contributed by atoms with E-state index in [4.69, 9.17) is 0 Å². The lowest BCUT2D eigenvalue weighted by molar-refractivity contribution is -0.274. The molecule has 0 amide bonds. The summed E-state index contributed by atoms with van der Waals surface area (Å²) in [5.41, 5.74) is 3.11. The number of halogens is 4. The average Bonchev–Trinajstić information content (AvgIpc) is 2.99. The lowest BCUT2D eigenvalue weighted by atomic mass is 9.75. The third kappa shape index (κ3) is 5.12. The molecule has 0 radical (unpaired) electrons. The number of aryl methyl sites for hydroxylation is 1. The Balaban J connectivity index is 2.10. The zero-order valence-electron chi connectivity index (χ0n) is 17.2. The molecule has 0 bridgehead atoms. The van der Waals surface area contributed by atoms with E-state index >= 15 is 0 Å². The monoisotopic (exact) mass is 408 g/mol. The Bertz CT molecular complexity index is 854. The van der Waals surface area contributed by atoms with Gasteiger partial charge >= 0.3 is 6.36 Å². The highest BCUT2D eigenvalue weighted by Crippen LogP contribution is 2.51. The fourth-order valence-corrected chi connectivity index (χ4v) is 4.49. The molecule has 0 unspecified atom stereocenters. The number of unbranched alkanes of at least 4 members (excludes halogenated alkanes) is 1. The van der Waals surface area contributed by atoms with Crippen molar-refractivity contribution in [3.8, 4) is 16.9 Å². The number of hydrogen-bond acceptors (Lipinski definition) is 1. The Kier molecular flexibility index (Phi) is 6.25. The summed E-state index contributed by atoms with van der Waals surface area (Å²) < 4.78 is 56.7. The Morgan fingerprint density at radius 2 is 1.83 bits per heavy atom. The molecule has 1 fully saturated rings. The molecule has 3 rings (SSSR count). The maximum Gasteiger partial charge on any atom is 0.573 e. The number of ether oxygens (including phenoxy) is 1. The molecular weight excluding hydrogens is 380 g/mol. The van der Waals surface area contributed by atoms with Crippen molar-refractivity contribution in [1.82, 2.24) is 0 Å². The van der Waals surface area contributed by atoms with Crippen LogP contribution >= 0.6 is 0 Å². The molecule has 1 nitrogen and oxygen atoms in total. The topological polar surface area (TPSA) is 9.23 Å². The third-order valence-electron chi connectivity index (χ3n) is 6.03. The Morgan fingerprint density at radius 3 is 2.45 bits per heavy atom. The van der Waals surface area contributed by atoms with E-state index in [2.05, 4.69) is 31.6 Å². The van der Waals surface area contributed by atoms with Crippen molar-refractivity contribution < 1.29 is 22.3 Å². The van der Waals surface area contributed by atoms with Crippen molar-refractivity contribution in [2.75, 3.05) is 0 Å². The normalized spacial score (nSPS) is 18.8. The van der Waals surface area contributed by atoms with Crippen LogP contribution in [0.1, 0.15) is 69.9 Å². The van der Waals surface area contributed by atoms with Crippen LogP contribution in [0.5, 0.6) is 5.75 Å². The summed E-state index contributed by atoms with van der Waals surface area (Å²) in [6.45, 7) is 6.57. The molecule has 1 aliphatic carbocycles. The quantitative estimate of drug-likeness (QED) is 0.440. The Morgan fingerprint density at radius 1 is 1.07 bits per heavy atom. The van der Waals surface area contributed by atoms with E-state index in [-0.39, 0.29) is 16.9 Å². The highest BCUT2D eigenvalue weighted by Gasteiger charge is 2.37. The van der Waals surface area contributed by atoms with Gasteiger partial charge in [-0.2, -0.15) is 0 Å².